The molecule has 1 aliphatic carbocycles. The molecule has 0 heterocycles. The minimum Gasteiger partial charge on any atom is -0.482 e. The highest BCUT2D eigenvalue weighted by Gasteiger charge is 2.11. The summed E-state index contributed by atoms with van der Waals surface area (Å²) in [5.41, 5.74) is 2.78. The second-order valence-corrected chi connectivity index (χ2v) is 5.50. The minimum absolute atomic E-state index is 0.00843. The van der Waals surface area contributed by atoms with Crippen LogP contribution in [0.4, 0.5) is 0 Å². The van der Waals surface area contributed by atoms with Gasteiger partial charge in [0.15, 0.2) is 6.61 Å². The first-order chi connectivity index (χ1) is 9.15. The van der Waals surface area contributed by atoms with Gasteiger partial charge < -0.3 is 9.47 Å². The Morgan fingerprint density at radius 2 is 1.95 bits per heavy atom. The first kappa shape index (κ1) is 13.9. The Hall–Kier alpha value is -1.51. The topological polar surface area (TPSA) is 35.5 Å². The molecule has 0 atom stereocenters. The largest absolute Gasteiger partial charge is 0.482 e. The summed E-state index contributed by atoms with van der Waals surface area (Å²) in [6, 6.07) is 6.12. The zero-order chi connectivity index (χ0) is 13.7. The Kier molecular flexibility index (Phi) is 4.83. The van der Waals surface area contributed by atoms with Gasteiger partial charge in [-0.3, -0.25) is 0 Å². The van der Waals surface area contributed by atoms with Crippen molar-refractivity contribution in [3.05, 3.63) is 29.3 Å². The van der Waals surface area contributed by atoms with Gasteiger partial charge in [-0.15, -0.1) is 0 Å². The molecule has 0 saturated carbocycles. The maximum atomic E-state index is 11.5. The Morgan fingerprint density at radius 1 is 1.21 bits per heavy atom. The van der Waals surface area contributed by atoms with Gasteiger partial charge in [-0.1, -0.05) is 19.9 Å². The summed E-state index contributed by atoms with van der Waals surface area (Å²) in [6.07, 6.45) is 4.79. The summed E-state index contributed by atoms with van der Waals surface area (Å²) in [5, 5.41) is 0. The van der Waals surface area contributed by atoms with E-state index in [4.69, 9.17) is 9.47 Å². The maximum Gasteiger partial charge on any atom is 0.344 e. The molecule has 0 spiro atoms. The Balaban J connectivity index is 1.84. The quantitative estimate of drug-likeness (QED) is 0.765. The predicted molar refractivity (Wildman–Crippen MR) is 74.4 cm³/mol. The van der Waals surface area contributed by atoms with Crippen LogP contribution < -0.4 is 4.74 Å². The third-order valence-corrected chi connectivity index (χ3v) is 3.25. The van der Waals surface area contributed by atoms with Crippen LogP contribution in [0.2, 0.25) is 0 Å². The fourth-order valence-corrected chi connectivity index (χ4v) is 2.24. The van der Waals surface area contributed by atoms with Crippen LogP contribution in [0.1, 0.15) is 37.8 Å². The van der Waals surface area contributed by atoms with E-state index in [1.165, 1.54) is 24.0 Å². The molecule has 0 saturated heterocycles. The third-order valence-electron chi connectivity index (χ3n) is 3.25. The average Bonchev–Trinajstić information content (AvgIpc) is 2.42. The number of rotatable bonds is 5. The molecule has 104 valence electrons. The summed E-state index contributed by atoms with van der Waals surface area (Å²) >= 11 is 0. The monoisotopic (exact) mass is 262 g/mol. The van der Waals surface area contributed by atoms with Crippen molar-refractivity contribution in [2.75, 3.05) is 13.2 Å². The molecular formula is C16H22O3. The molecular weight excluding hydrogens is 240 g/mol. The van der Waals surface area contributed by atoms with Crippen molar-refractivity contribution in [3.8, 4) is 5.75 Å². The predicted octanol–water partition coefficient (Wildman–Crippen LogP) is 3.14. The SMILES string of the molecule is CC(C)COC(=O)COc1ccc2c(c1)CCCC2. The van der Waals surface area contributed by atoms with Crippen LogP contribution in [-0.2, 0) is 22.4 Å². The second kappa shape index (κ2) is 6.60. The molecule has 2 rings (SSSR count). The van der Waals surface area contributed by atoms with Gasteiger partial charge >= 0.3 is 5.97 Å². The van der Waals surface area contributed by atoms with Crippen molar-refractivity contribution in [3.63, 3.8) is 0 Å². The Labute approximate surface area is 114 Å². The summed E-state index contributed by atoms with van der Waals surface area (Å²) in [5.74, 6) is 0.821. The first-order valence-electron chi connectivity index (χ1n) is 7.05. The lowest BCUT2D eigenvalue weighted by atomic mass is 9.92. The normalized spacial score (nSPS) is 14.1. The molecule has 1 aromatic rings. The molecule has 0 amide bonds. The van der Waals surface area contributed by atoms with Gasteiger partial charge in [0.2, 0.25) is 0 Å². The molecule has 0 aromatic heterocycles. The third kappa shape index (κ3) is 4.27. The number of aryl methyl sites for hydroxylation is 2. The van der Waals surface area contributed by atoms with Gasteiger partial charge in [-0.2, -0.15) is 0 Å². The van der Waals surface area contributed by atoms with E-state index in [-0.39, 0.29) is 12.6 Å². The van der Waals surface area contributed by atoms with Crippen molar-refractivity contribution >= 4 is 5.97 Å². The van der Waals surface area contributed by atoms with Crippen molar-refractivity contribution in [1.29, 1.82) is 0 Å². The number of benzene rings is 1. The van der Waals surface area contributed by atoms with Gasteiger partial charge in [0, 0.05) is 0 Å². The lowest BCUT2D eigenvalue weighted by molar-refractivity contribution is -0.147. The summed E-state index contributed by atoms with van der Waals surface area (Å²) in [6.45, 7) is 4.47. The first-order valence-corrected chi connectivity index (χ1v) is 7.05. The molecule has 19 heavy (non-hydrogen) atoms. The number of carbonyl (C=O) groups excluding carboxylic acids is 1. The summed E-state index contributed by atoms with van der Waals surface area (Å²) in [4.78, 5) is 11.5. The van der Waals surface area contributed by atoms with E-state index >= 15 is 0 Å². The van der Waals surface area contributed by atoms with Gasteiger partial charge in [-0.25, -0.2) is 4.79 Å². The van der Waals surface area contributed by atoms with Gasteiger partial charge in [0.1, 0.15) is 5.75 Å². The lowest BCUT2D eigenvalue weighted by Crippen LogP contribution is -2.17. The van der Waals surface area contributed by atoms with Crippen molar-refractivity contribution in [2.24, 2.45) is 5.92 Å². The fraction of sp³-hybridized carbons (Fsp3) is 0.562. The van der Waals surface area contributed by atoms with Crippen molar-refractivity contribution < 1.29 is 14.3 Å². The average molecular weight is 262 g/mol. The van der Waals surface area contributed by atoms with E-state index in [9.17, 15) is 4.79 Å². The van der Waals surface area contributed by atoms with Crippen LogP contribution >= 0.6 is 0 Å². The van der Waals surface area contributed by atoms with E-state index in [2.05, 4.69) is 12.1 Å². The van der Waals surface area contributed by atoms with Gasteiger partial charge in [0.25, 0.3) is 0 Å². The van der Waals surface area contributed by atoms with E-state index in [0.29, 0.717) is 12.5 Å². The van der Waals surface area contributed by atoms with Crippen LogP contribution in [0.5, 0.6) is 5.75 Å². The van der Waals surface area contributed by atoms with Gasteiger partial charge in [-0.05, 0) is 54.9 Å². The summed E-state index contributed by atoms with van der Waals surface area (Å²) in [7, 11) is 0. The minimum atomic E-state index is -0.300. The Morgan fingerprint density at radius 3 is 2.68 bits per heavy atom. The highest BCUT2D eigenvalue weighted by Crippen LogP contribution is 2.25. The molecule has 0 fully saturated rings. The van der Waals surface area contributed by atoms with Crippen LogP contribution in [0, 0.1) is 5.92 Å². The number of hydrogen-bond donors (Lipinski definition) is 0. The highest BCUT2D eigenvalue weighted by molar-refractivity contribution is 5.71. The second-order valence-electron chi connectivity index (χ2n) is 5.50. The van der Waals surface area contributed by atoms with E-state index in [0.717, 1.165) is 18.6 Å². The number of ether oxygens (including phenoxy) is 2. The zero-order valence-electron chi connectivity index (χ0n) is 11.8. The molecule has 0 N–H and O–H groups in total. The number of carbonyl (C=O) groups is 1. The molecule has 0 radical (unpaired) electrons. The molecule has 0 unspecified atom stereocenters. The maximum absolute atomic E-state index is 11.5. The van der Waals surface area contributed by atoms with E-state index < -0.39 is 0 Å². The van der Waals surface area contributed by atoms with Crippen molar-refractivity contribution in [1.82, 2.24) is 0 Å². The van der Waals surface area contributed by atoms with Crippen LogP contribution in [0.25, 0.3) is 0 Å². The number of fused-ring (bicyclic) bond motifs is 1. The molecule has 0 aliphatic heterocycles. The van der Waals surface area contributed by atoms with E-state index in [1.807, 2.05) is 19.9 Å². The Bertz CT molecular complexity index is 438. The molecule has 0 bridgehead atoms. The van der Waals surface area contributed by atoms with Crippen molar-refractivity contribution in [2.45, 2.75) is 39.5 Å². The number of esters is 1. The lowest BCUT2D eigenvalue weighted by Gasteiger charge is -2.16. The van der Waals surface area contributed by atoms with Crippen LogP contribution in [-0.4, -0.2) is 19.2 Å². The molecule has 3 nitrogen and oxygen atoms in total. The standard InChI is InChI=1S/C16H22O3/c1-12(2)10-19-16(17)11-18-15-8-7-13-5-3-4-6-14(13)9-15/h7-9,12H,3-6,10-11H2,1-2H3. The molecule has 3 heteroatoms. The summed E-state index contributed by atoms with van der Waals surface area (Å²) < 4.78 is 10.6. The molecule has 1 aromatic carbocycles. The highest BCUT2D eigenvalue weighted by atomic mass is 16.6. The fourth-order valence-electron chi connectivity index (χ4n) is 2.24. The van der Waals surface area contributed by atoms with Crippen LogP contribution in [0.3, 0.4) is 0 Å². The van der Waals surface area contributed by atoms with E-state index in [1.54, 1.807) is 0 Å². The van der Waals surface area contributed by atoms with Crippen LogP contribution in [0.15, 0.2) is 18.2 Å². The zero-order valence-corrected chi connectivity index (χ0v) is 11.8. The van der Waals surface area contributed by atoms with Gasteiger partial charge in [0.05, 0.1) is 6.61 Å². The smallest absolute Gasteiger partial charge is 0.344 e. The number of hydrogen-bond acceptors (Lipinski definition) is 3. The molecule has 1 aliphatic rings.